The fourth-order valence-corrected chi connectivity index (χ4v) is 3.74. The molecule has 0 fully saturated rings. The van der Waals surface area contributed by atoms with Crippen LogP contribution in [0.4, 0.5) is 0 Å². The number of rotatable bonds is 4. The van der Waals surface area contributed by atoms with E-state index >= 15 is 0 Å². The fraction of sp³-hybridized carbons (Fsp3) is 0.400. The summed E-state index contributed by atoms with van der Waals surface area (Å²) >= 11 is 1.96. The molecule has 0 bridgehead atoms. The Balaban J connectivity index is 1.80. The molecular weight excluding hydrogens is 254 g/mol. The highest BCUT2D eigenvalue weighted by molar-refractivity contribution is 7.99. The van der Waals surface area contributed by atoms with Gasteiger partial charge < -0.3 is 10.3 Å². The van der Waals surface area contributed by atoms with E-state index in [4.69, 9.17) is 0 Å². The van der Waals surface area contributed by atoms with Gasteiger partial charge in [-0.1, -0.05) is 25.1 Å². The number of H-pyrrole nitrogens is 1. The minimum Gasteiger partial charge on any atom is -0.347 e. The van der Waals surface area contributed by atoms with Crippen molar-refractivity contribution in [2.45, 2.75) is 36.7 Å². The maximum absolute atomic E-state index is 4.39. The largest absolute Gasteiger partial charge is 0.347 e. The number of hydrogen-bond acceptors (Lipinski definition) is 3. The minimum absolute atomic E-state index is 0.302. The summed E-state index contributed by atoms with van der Waals surface area (Å²) in [7, 11) is 0. The lowest BCUT2D eigenvalue weighted by molar-refractivity contribution is 0.409. The lowest BCUT2D eigenvalue weighted by atomic mass is 10.0. The third-order valence-electron chi connectivity index (χ3n) is 3.62. The van der Waals surface area contributed by atoms with Crippen molar-refractivity contribution >= 4 is 11.8 Å². The first kappa shape index (κ1) is 12.8. The van der Waals surface area contributed by atoms with Crippen molar-refractivity contribution in [3.63, 3.8) is 0 Å². The molecule has 2 atom stereocenters. The average molecular weight is 273 g/mol. The van der Waals surface area contributed by atoms with Crippen LogP contribution in [0.25, 0.3) is 0 Å². The Morgan fingerprint density at radius 1 is 1.47 bits per heavy atom. The Bertz CT molecular complexity index is 524. The SMILES string of the molecule is CCC(NC1CCSc2ccccc21)c1ncc[nH]1. The molecule has 1 aliphatic heterocycles. The van der Waals surface area contributed by atoms with Gasteiger partial charge in [0, 0.05) is 23.3 Å². The van der Waals surface area contributed by atoms with Crippen LogP contribution >= 0.6 is 11.8 Å². The van der Waals surface area contributed by atoms with Gasteiger partial charge in [-0.15, -0.1) is 11.8 Å². The number of hydrogen-bond donors (Lipinski definition) is 2. The number of nitrogens with zero attached hydrogens (tertiary/aromatic N) is 1. The smallest absolute Gasteiger partial charge is 0.123 e. The van der Waals surface area contributed by atoms with Crippen LogP contribution in [0.15, 0.2) is 41.6 Å². The van der Waals surface area contributed by atoms with Crippen molar-refractivity contribution in [2.24, 2.45) is 0 Å². The summed E-state index contributed by atoms with van der Waals surface area (Å²) in [4.78, 5) is 9.03. The van der Waals surface area contributed by atoms with Crippen molar-refractivity contribution in [3.05, 3.63) is 48.0 Å². The van der Waals surface area contributed by atoms with Crippen molar-refractivity contribution < 1.29 is 0 Å². The summed E-state index contributed by atoms with van der Waals surface area (Å²) in [5.74, 6) is 2.22. The molecule has 0 saturated heterocycles. The van der Waals surface area contributed by atoms with Crippen LogP contribution in [-0.2, 0) is 0 Å². The van der Waals surface area contributed by atoms with Gasteiger partial charge in [-0.3, -0.25) is 0 Å². The molecule has 100 valence electrons. The Hall–Kier alpha value is -1.26. The molecule has 2 heterocycles. The van der Waals surface area contributed by atoms with Crippen LogP contribution in [0.3, 0.4) is 0 Å². The van der Waals surface area contributed by atoms with E-state index in [1.807, 2.05) is 24.2 Å². The van der Waals surface area contributed by atoms with Crippen LogP contribution in [0.1, 0.15) is 43.2 Å². The molecule has 0 spiro atoms. The Labute approximate surface area is 118 Å². The molecule has 2 aromatic rings. The van der Waals surface area contributed by atoms with E-state index in [9.17, 15) is 0 Å². The van der Waals surface area contributed by atoms with Crippen molar-refractivity contribution in [1.82, 2.24) is 15.3 Å². The first-order valence-electron chi connectivity index (χ1n) is 6.85. The van der Waals surface area contributed by atoms with E-state index in [1.165, 1.54) is 22.6 Å². The molecule has 0 amide bonds. The van der Waals surface area contributed by atoms with Gasteiger partial charge in [-0.05, 0) is 30.2 Å². The van der Waals surface area contributed by atoms with Gasteiger partial charge in [0.2, 0.25) is 0 Å². The van der Waals surface area contributed by atoms with Gasteiger partial charge in [-0.2, -0.15) is 0 Å². The molecule has 4 heteroatoms. The molecule has 1 aromatic carbocycles. The van der Waals surface area contributed by atoms with Gasteiger partial charge in [-0.25, -0.2) is 4.98 Å². The first-order chi connectivity index (χ1) is 9.38. The van der Waals surface area contributed by atoms with E-state index in [2.05, 4.69) is 46.5 Å². The van der Waals surface area contributed by atoms with Gasteiger partial charge >= 0.3 is 0 Å². The van der Waals surface area contributed by atoms with E-state index < -0.39 is 0 Å². The molecule has 19 heavy (non-hydrogen) atoms. The zero-order valence-corrected chi connectivity index (χ0v) is 11.9. The lowest BCUT2D eigenvalue weighted by Crippen LogP contribution is -2.29. The number of nitrogens with one attached hydrogen (secondary N) is 2. The highest BCUT2D eigenvalue weighted by Crippen LogP contribution is 2.37. The molecule has 2 unspecified atom stereocenters. The lowest BCUT2D eigenvalue weighted by Gasteiger charge is -2.29. The molecular formula is C15H19N3S. The number of aromatic nitrogens is 2. The predicted molar refractivity (Wildman–Crippen MR) is 79.3 cm³/mol. The molecule has 0 radical (unpaired) electrons. The molecule has 3 rings (SSSR count). The average Bonchev–Trinajstić information content (AvgIpc) is 2.99. The highest BCUT2D eigenvalue weighted by Gasteiger charge is 2.23. The Morgan fingerprint density at radius 2 is 2.37 bits per heavy atom. The maximum Gasteiger partial charge on any atom is 0.123 e. The summed E-state index contributed by atoms with van der Waals surface area (Å²) in [6.07, 6.45) is 5.94. The number of benzene rings is 1. The van der Waals surface area contributed by atoms with Crippen molar-refractivity contribution in [2.75, 3.05) is 5.75 Å². The zero-order chi connectivity index (χ0) is 13.1. The number of fused-ring (bicyclic) bond motifs is 1. The molecule has 0 saturated carbocycles. The third-order valence-corrected chi connectivity index (χ3v) is 4.74. The fourth-order valence-electron chi connectivity index (χ4n) is 2.62. The van der Waals surface area contributed by atoms with Crippen LogP contribution in [0, 0.1) is 0 Å². The monoisotopic (exact) mass is 273 g/mol. The van der Waals surface area contributed by atoms with Gasteiger partial charge in [0.1, 0.15) is 5.82 Å². The standard InChI is InChI=1S/C15H19N3S/c1-2-12(15-16-8-9-17-15)18-13-7-10-19-14-6-4-3-5-11(13)14/h3-6,8-9,12-13,18H,2,7,10H2,1H3,(H,16,17). The van der Waals surface area contributed by atoms with Crippen LogP contribution in [0.5, 0.6) is 0 Å². The van der Waals surface area contributed by atoms with Gasteiger partial charge in [0.25, 0.3) is 0 Å². The van der Waals surface area contributed by atoms with Crippen LogP contribution in [-0.4, -0.2) is 15.7 Å². The predicted octanol–water partition coefficient (Wildman–Crippen LogP) is 3.69. The maximum atomic E-state index is 4.39. The molecule has 0 aliphatic carbocycles. The normalized spacial score (nSPS) is 19.9. The summed E-state index contributed by atoms with van der Waals surface area (Å²) in [5.41, 5.74) is 1.43. The molecule has 1 aliphatic rings. The Morgan fingerprint density at radius 3 is 3.16 bits per heavy atom. The summed E-state index contributed by atoms with van der Waals surface area (Å²) in [6.45, 7) is 2.20. The topological polar surface area (TPSA) is 40.7 Å². The van der Waals surface area contributed by atoms with E-state index in [1.54, 1.807) is 0 Å². The number of thioether (sulfide) groups is 1. The molecule has 1 aromatic heterocycles. The van der Waals surface area contributed by atoms with E-state index in [-0.39, 0.29) is 0 Å². The van der Waals surface area contributed by atoms with Gasteiger partial charge in [0.05, 0.1) is 6.04 Å². The minimum atomic E-state index is 0.302. The second-order valence-electron chi connectivity index (χ2n) is 4.83. The zero-order valence-electron chi connectivity index (χ0n) is 11.1. The first-order valence-corrected chi connectivity index (χ1v) is 7.84. The van der Waals surface area contributed by atoms with Crippen LogP contribution in [0.2, 0.25) is 0 Å². The molecule has 3 nitrogen and oxygen atoms in total. The van der Waals surface area contributed by atoms with Crippen LogP contribution < -0.4 is 5.32 Å². The summed E-state index contributed by atoms with van der Waals surface area (Å²) in [5, 5.41) is 3.76. The number of imidazole rings is 1. The summed E-state index contributed by atoms with van der Waals surface area (Å²) < 4.78 is 0. The van der Waals surface area contributed by atoms with Crippen molar-refractivity contribution in [3.8, 4) is 0 Å². The van der Waals surface area contributed by atoms with Crippen molar-refractivity contribution in [1.29, 1.82) is 0 Å². The van der Waals surface area contributed by atoms with Gasteiger partial charge in [0.15, 0.2) is 0 Å². The second kappa shape index (κ2) is 5.80. The highest BCUT2D eigenvalue weighted by atomic mass is 32.2. The van der Waals surface area contributed by atoms with E-state index in [0.29, 0.717) is 12.1 Å². The molecule has 2 N–H and O–H groups in total. The third kappa shape index (κ3) is 2.69. The quantitative estimate of drug-likeness (QED) is 0.892. The Kier molecular flexibility index (Phi) is 3.89. The number of aromatic amines is 1. The summed E-state index contributed by atoms with van der Waals surface area (Å²) in [6, 6.07) is 9.46. The van der Waals surface area contributed by atoms with E-state index in [0.717, 1.165) is 12.2 Å². The second-order valence-corrected chi connectivity index (χ2v) is 5.97.